The smallest absolute Gasteiger partial charge is 0.147 e. The number of hydrogen-bond acceptors (Lipinski definition) is 1. The molecule has 1 atom stereocenters. The summed E-state index contributed by atoms with van der Waals surface area (Å²) < 4.78 is 4.06. The number of rotatable bonds is 2. The normalized spacial score (nSPS) is 9.00. The van der Waals surface area contributed by atoms with E-state index in [1.54, 1.807) is 20.9 Å². The molecule has 1 nitrogen and oxygen atoms in total. The summed E-state index contributed by atoms with van der Waals surface area (Å²) in [7, 11) is 0. The van der Waals surface area contributed by atoms with E-state index in [9.17, 15) is 0 Å². The maximum atomic E-state index is 4.06. The van der Waals surface area contributed by atoms with Crippen molar-refractivity contribution >= 4 is 37.2 Å². The summed E-state index contributed by atoms with van der Waals surface area (Å²) in [4.78, 5) is 0. The van der Waals surface area contributed by atoms with E-state index in [4.69, 9.17) is 0 Å². The van der Waals surface area contributed by atoms with Crippen LogP contribution in [0.4, 0.5) is 0 Å². The zero-order valence-electron chi connectivity index (χ0n) is 5.40. The number of halogens is 3. The molecule has 0 N–H and O–H groups in total. The molecule has 0 heterocycles. The summed E-state index contributed by atoms with van der Waals surface area (Å²) in [5, 5.41) is 0. The van der Waals surface area contributed by atoms with E-state index in [1.165, 1.54) is 6.42 Å². The van der Waals surface area contributed by atoms with Crippen LogP contribution in [0.2, 0.25) is 0 Å². The molecule has 0 aliphatic rings. The molecule has 9 heavy (non-hydrogen) atoms. The average Bonchev–Trinajstić information content (AvgIpc) is 1.65. The molecule has 0 aromatic rings. The summed E-state index contributed by atoms with van der Waals surface area (Å²) in [6.45, 7) is 4.27. The third-order valence-corrected chi connectivity index (χ3v) is 1.76. The van der Waals surface area contributed by atoms with Crippen LogP contribution in [0.1, 0.15) is 20.3 Å². The summed E-state index contributed by atoms with van der Waals surface area (Å²) in [5.74, 6) is 0. The van der Waals surface area contributed by atoms with Gasteiger partial charge in [0.1, 0.15) is 0 Å². The molecule has 0 bridgehead atoms. The van der Waals surface area contributed by atoms with Gasteiger partial charge in [0.2, 0.25) is 0 Å². The molecule has 0 saturated carbocycles. The Hall–Kier alpha value is 1.41. The van der Waals surface area contributed by atoms with Gasteiger partial charge in [-0.05, 0) is 0 Å². The SMILES string of the molecule is CCC(C)[N]=[Nb].Cl.Cl.Cl. The third kappa shape index (κ3) is 17.7. The Morgan fingerprint density at radius 1 is 1.33 bits per heavy atom. The van der Waals surface area contributed by atoms with Crippen molar-refractivity contribution in [1.29, 1.82) is 0 Å². The van der Waals surface area contributed by atoms with Crippen molar-refractivity contribution in [3.8, 4) is 0 Å². The van der Waals surface area contributed by atoms with Crippen LogP contribution in [-0.4, -0.2) is 6.04 Å². The van der Waals surface area contributed by atoms with Gasteiger partial charge in [0.25, 0.3) is 0 Å². The zero-order chi connectivity index (χ0) is 4.99. The van der Waals surface area contributed by atoms with Crippen LogP contribution in [0.3, 0.4) is 0 Å². The quantitative estimate of drug-likeness (QED) is 0.686. The molecule has 0 aromatic carbocycles. The number of hydrogen-bond donors (Lipinski definition) is 0. The van der Waals surface area contributed by atoms with Crippen molar-refractivity contribution in [3.05, 3.63) is 0 Å². The van der Waals surface area contributed by atoms with Crippen LogP contribution < -0.4 is 0 Å². The largest absolute Gasteiger partial charge is 0.147 e. The van der Waals surface area contributed by atoms with E-state index in [2.05, 4.69) is 17.2 Å². The van der Waals surface area contributed by atoms with E-state index in [1.807, 2.05) is 0 Å². The van der Waals surface area contributed by atoms with E-state index >= 15 is 0 Å². The predicted octanol–water partition coefficient (Wildman–Crippen LogP) is 2.78. The Kier molecular flexibility index (Phi) is 40.4. The molecule has 5 heteroatoms. The van der Waals surface area contributed by atoms with Crippen molar-refractivity contribution in [2.45, 2.75) is 26.3 Å². The van der Waals surface area contributed by atoms with Gasteiger partial charge < -0.3 is 0 Å². The molecular formula is C4H12Cl3NNb. The second-order valence-electron chi connectivity index (χ2n) is 1.37. The van der Waals surface area contributed by atoms with Crippen molar-refractivity contribution in [3.63, 3.8) is 0 Å². The van der Waals surface area contributed by atoms with Crippen molar-refractivity contribution in [2.24, 2.45) is 3.34 Å². The fourth-order valence-electron chi connectivity index (χ4n) is 0.0816. The van der Waals surface area contributed by atoms with Gasteiger partial charge in [-0.2, -0.15) is 0 Å². The fourth-order valence-corrected chi connectivity index (χ4v) is 0.483. The molecule has 0 aliphatic heterocycles. The third-order valence-electron chi connectivity index (χ3n) is 0.788. The van der Waals surface area contributed by atoms with Gasteiger partial charge >= 0.3 is 50.5 Å². The Balaban J connectivity index is -0.0000000417. The molecule has 0 rings (SSSR count). The Bertz CT molecular complexity index is 53.1. The molecule has 0 saturated heterocycles. The molecule has 0 spiro atoms. The zero-order valence-corrected chi connectivity index (χ0v) is 10.1. The van der Waals surface area contributed by atoms with Gasteiger partial charge in [0.05, 0.1) is 0 Å². The van der Waals surface area contributed by atoms with Crippen LogP contribution >= 0.6 is 37.2 Å². The summed E-state index contributed by atoms with van der Waals surface area (Å²) >= 11 is 1.55. The first kappa shape index (κ1) is 22.4. The van der Waals surface area contributed by atoms with E-state index < -0.39 is 0 Å². The molecule has 1 unspecified atom stereocenters. The van der Waals surface area contributed by atoms with Crippen LogP contribution in [0.25, 0.3) is 0 Å². The number of nitrogens with zero attached hydrogens (tertiary/aromatic N) is 1. The van der Waals surface area contributed by atoms with E-state index in [0.29, 0.717) is 6.04 Å². The van der Waals surface area contributed by atoms with Gasteiger partial charge in [-0.25, -0.2) is 0 Å². The van der Waals surface area contributed by atoms with Gasteiger partial charge in [-0.3, -0.25) is 0 Å². The predicted molar refractivity (Wildman–Crippen MR) is 43.9 cm³/mol. The monoisotopic (exact) mass is 272 g/mol. The summed E-state index contributed by atoms with van der Waals surface area (Å²) in [6, 6.07) is 0.582. The van der Waals surface area contributed by atoms with Gasteiger partial charge in [-0.1, -0.05) is 0 Å². The molecule has 0 aromatic heterocycles. The maximum absolute atomic E-state index is 4.06. The topological polar surface area (TPSA) is 12.4 Å². The van der Waals surface area contributed by atoms with Crippen molar-refractivity contribution < 1.29 is 20.9 Å². The van der Waals surface area contributed by atoms with Crippen LogP contribution in [-0.2, 0) is 20.9 Å². The Morgan fingerprint density at radius 3 is 1.67 bits per heavy atom. The molecule has 0 amide bonds. The summed E-state index contributed by atoms with van der Waals surface area (Å²) in [5.41, 5.74) is 0. The average molecular weight is 273 g/mol. The van der Waals surface area contributed by atoms with Gasteiger partial charge in [0.15, 0.2) is 0 Å². The molecule has 59 valence electrons. The minimum absolute atomic E-state index is 0. The minimum Gasteiger partial charge on any atom is -0.147 e. The van der Waals surface area contributed by atoms with Gasteiger partial charge in [0, 0.05) is 0 Å². The molecular weight excluding hydrogens is 261 g/mol. The minimum atomic E-state index is 0. The van der Waals surface area contributed by atoms with Crippen molar-refractivity contribution in [2.75, 3.05) is 0 Å². The standard InChI is InChI=1S/C4H9N.3ClH.Nb/c1-3-4(2)5;;;;/h4H,3H2,1-2H3;3*1H;. The maximum Gasteiger partial charge on any atom is -0.147 e. The van der Waals surface area contributed by atoms with Crippen LogP contribution in [0.5, 0.6) is 0 Å². The van der Waals surface area contributed by atoms with E-state index in [-0.39, 0.29) is 37.2 Å². The first-order valence-electron chi connectivity index (χ1n) is 2.15. The van der Waals surface area contributed by atoms with Crippen molar-refractivity contribution in [1.82, 2.24) is 0 Å². The van der Waals surface area contributed by atoms with Crippen LogP contribution in [0.15, 0.2) is 3.34 Å². The van der Waals surface area contributed by atoms with Crippen LogP contribution in [0, 0.1) is 0 Å². The molecule has 0 radical (unpaired) electrons. The fraction of sp³-hybridized carbons (Fsp3) is 1.00. The Labute approximate surface area is 87.4 Å². The second kappa shape index (κ2) is 16.2. The first-order valence-corrected chi connectivity index (χ1v) is 3.13. The summed E-state index contributed by atoms with van der Waals surface area (Å²) in [6.07, 6.45) is 1.18. The molecule has 0 fully saturated rings. The van der Waals surface area contributed by atoms with Gasteiger partial charge in [-0.15, -0.1) is 37.2 Å². The molecule has 0 aliphatic carbocycles. The van der Waals surface area contributed by atoms with E-state index in [0.717, 1.165) is 0 Å². The Morgan fingerprint density at radius 2 is 1.67 bits per heavy atom. The first-order chi connectivity index (χ1) is 2.81. The second-order valence-corrected chi connectivity index (χ2v) is 1.94.